The number of carbonyl (C=O) groups is 2. The third-order valence-corrected chi connectivity index (χ3v) is 5.66. The third-order valence-electron chi connectivity index (χ3n) is 5.66. The average Bonchev–Trinajstić information content (AvgIpc) is 3.37. The van der Waals surface area contributed by atoms with Gasteiger partial charge in [-0.25, -0.2) is 9.78 Å². The lowest BCUT2D eigenvalue weighted by Crippen LogP contribution is -2.34. The number of carbonyl (C=O) groups excluding carboxylic acids is 1. The first-order valence-electron chi connectivity index (χ1n) is 10.3. The molecular formula is C21H29N5O4. The van der Waals surface area contributed by atoms with Crippen molar-refractivity contribution in [2.45, 2.75) is 57.4 Å². The third kappa shape index (κ3) is 5.95. The van der Waals surface area contributed by atoms with Crippen LogP contribution < -0.4 is 15.4 Å². The van der Waals surface area contributed by atoms with Gasteiger partial charge in [0, 0.05) is 36.0 Å². The second-order valence-electron chi connectivity index (χ2n) is 7.81. The SMILES string of the molecule is CCC(CC1CCC(c2cc(NC(=O)Cc3ccc(OC)nc3)n[nH]2)C1)NC(=O)O. The molecule has 0 aromatic carbocycles. The molecule has 2 aromatic rings. The highest BCUT2D eigenvalue weighted by Crippen LogP contribution is 2.40. The van der Waals surface area contributed by atoms with Crippen LogP contribution in [0.1, 0.15) is 56.2 Å². The minimum absolute atomic E-state index is 0.00434. The molecule has 4 N–H and O–H groups in total. The largest absolute Gasteiger partial charge is 0.481 e. The van der Waals surface area contributed by atoms with Crippen LogP contribution in [0.2, 0.25) is 0 Å². The molecule has 162 valence electrons. The van der Waals surface area contributed by atoms with E-state index in [-0.39, 0.29) is 18.4 Å². The molecule has 0 bridgehead atoms. The maximum atomic E-state index is 12.3. The summed E-state index contributed by atoms with van der Waals surface area (Å²) in [5, 5.41) is 21.6. The van der Waals surface area contributed by atoms with Crippen LogP contribution >= 0.6 is 0 Å². The van der Waals surface area contributed by atoms with Crippen molar-refractivity contribution in [2.24, 2.45) is 5.92 Å². The van der Waals surface area contributed by atoms with Crippen molar-refractivity contribution < 1.29 is 19.4 Å². The van der Waals surface area contributed by atoms with Gasteiger partial charge < -0.3 is 20.5 Å². The number of nitrogens with zero attached hydrogens (tertiary/aromatic N) is 2. The van der Waals surface area contributed by atoms with Crippen molar-refractivity contribution in [3.8, 4) is 5.88 Å². The number of ether oxygens (including phenoxy) is 1. The number of aromatic nitrogens is 3. The number of nitrogens with one attached hydrogen (secondary N) is 3. The maximum Gasteiger partial charge on any atom is 0.404 e. The number of hydrogen-bond acceptors (Lipinski definition) is 5. The van der Waals surface area contributed by atoms with E-state index in [0.717, 1.165) is 43.4 Å². The van der Waals surface area contributed by atoms with Crippen LogP contribution in [0.5, 0.6) is 5.88 Å². The molecule has 0 aliphatic heterocycles. The molecule has 9 heteroatoms. The summed E-state index contributed by atoms with van der Waals surface area (Å²) >= 11 is 0. The Kier molecular flexibility index (Phi) is 7.26. The van der Waals surface area contributed by atoms with Crippen LogP contribution in [0.4, 0.5) is 10.6 Å². The van der Waals surface area contributed by atoms with E-state index < -0.39 is 6.09 Å². The molecule has 2 amide bonds. The molecule has 2 heterocycles. The molecule has 3 unspecified atom stereocenters. The van der Waals surface area contributed by atoms with Crippen molar-refractivity contribution >= 4 is 17.8 Å². The van der Waals surface area contributed by atoms with E-state index in [0.29, 0.717) is 23.5 Å². The minimum Gasteiger partial charge on any atom is -0.481 e. The van der Waals surface area contributed by atoms with Gasteiger partial charge in [0.05, 0.1) is 13.5 Å². The molecule has 0 spiro atoms. The standard InChI is InChI=1S/C21H29N5O4/c1-3-16(23-21(28)29)9-13-4-6-15(8-13)17-11-18(26-25-17)24-19(27)10-14-5-7-20(30-2)22-12-14/h5,7,11-13,15-16,23H,3-4,6,8-10H2,1-2H3,(H,28,29)(H2,24,25,26,27). The van der Waals surface area contributed by atoms with Crippen LogP contribution in [-0.2, 0) is 11.2 Å². The molecule has 1 aliphatic rings. The van der Waals surface area contributed by atoms with Gasteiger partial charge in [-0.15, -0.1) is 0 Å². The van der Waals surface area contributed by atoms with E-state index >= 15 is 0 Å². The second-order valence-corrected chi connectivity index (χ2v) is 7.81. The molecule has 9 nitrogen and oxygen atoms in total. The van der Waals surface area contributed by atoms with Gasteiger partial charge in [0.2, 0.25) is 11.8 Å². The molecule has 1 fully saturated rings. The first-order chi connectivity index (χ1) is 14.5. The molecule has 1 saturated carbocycles. The Bertz CT molecular complexity index is 851. The van der Waals surface area contributed by atoms with E-state index in [9.17, 15) is 9.59 Å². The molecule has 3 rings (SSSR count). The lowest BCUT2D eigenvalue weighted by atomic mass is 9.95. The highest BCUT2D eigenvalue weighted by atomic mass is 16.5. The Labute approximate surface area is 175 Å². The highest BCUT2D eigenvalue weighted by molar-refractivity contribution is 5.91. The number of H-pyrrole nitrogens is 1. The zero-order chi connectivity index (χ0) is 21.5. The van der Waals surface area contributed by atoms with Gasteiger partial charge in [0.1, 0.15) is 0 Å². The molecule has 3 atom stereocenters. The van der Waals surface area contributed by atoms with Crippen molar-refractivity contribution in [1.29, 1.82) is 0 Å². The summed E-state index contributed by atoms with van der Waals surface area (Å²) in [6.45, 7) is 2.00. The van der Waals surface area contributed by atoms with Gasteiger partial charge in [-0.3, -0.25) is 9.89 Å². The zero-order valence-corrected chi connectivity index (χ0v) is 17.4. The number of anilines is 1. The number of carboxylic acid groups (broad SMARTS) is 1. The predicted molar refractivity (Wildman–Crippen MR) is 112 cm³/mol. The van der Waals surface area contributed by atoms with Crippen LogP contribution in [0.25, 0.3) is 0 Å². The smallest absolute Gasteiger partial charge is 0.404 e. The Morgan fingerprint density at radius 1 is 1.37 bits per heavy atom. The zero-order valence-electron chi connectivity index (χ0n) is 17.4. The topological polar surface area (TPSA) is 129 Å². The van der Waals surface area contributed by atoms with Crippen LogP contribution in [0.3, 0.4) is 0 Å². The number of methoxy groups -OCH3 is 1. The van der Waals surface area contributed by atoms with Crippen molar-refractivity contribution in [3.63, 3.8) is 0 Å². The van der Waals surface area contributed by atoms with E-state index in [1.54, 1.807) is 19.4 Å². The van der Waals surface area contributed by atoms with Crippen molar-refractivity contribution in [3.05, 3.63) is 35.7 Å². The predicted octanol–water partition coefficient (Wildman–Crippen LogP) is 3.31. The van der Waals surface area contributed by atoms with E-state index in [1.165, 1.54) is 0 Å². The van der Waals surface area contributed by atoms with Gasteiger partial charge >= 0.3 is 6.09 Å². The fourth-order valence-electron chi connectivity index (χ4n) is 4.09. The number of hydrogen-bond donors (Lipinski definition) is 4. The van der Waals surface area contributed by atoms with Gasteiger partial charge in [-0.1, -0.05) is 13.0 Å². The summed E-state index contributed by atoms with van der Waals surface area (Å²) in [6.07, 6.45) is 5.59. The molecule has 1 aliphatic carbocycles. The van der Waals surface area contributed by atoms with Gasteiger partial charge in [0.15, 0.2) is 5.82 Å². The summed E-state index contributed by atoms with van der Waals surface area (Å²) < 4.78 is 5.02. The lowest BCUT2D eigenvalue weighted by Gasteiger charge is -2.19. The second kappa shape index (κ2) is 10.1. The Morgan fingerprint density at radius 2 is 2.20 bits per heavy atom. The van der Waals surface area contributed by atoms with Crippen LogP contribution in [-0.4, -0.2) is 45.4 Å². The van der Waals surface area contributed by atoms with Gasteiger partial charge in [-0.2, -0.15) is 5.10 Å². The van der Waals surface area contributed by atoms with E-state index in [2.05, 4.69) is 25.8 Å². The van der Waals surface area contributed by atoms with E-state index in [1.807, 2.05) is 19.1 Å². The first-order valence-corrected chi connectivity index (χ1v) is 10.3. The summed E-state index contributed by atoms with van der Waals surface area (Å²) in [5.41, 5.74) is 1.81. The van der Waals surface area contributed by atoms with E-state index in [4.69, 9.17) is 9.84 Å². The first kappa shape index (κ1) is 21.6. The molecule has 2 aromatic heterocycles. The van der Waals surface area contributed by atoms with Gasteiger partial charge in [0.25, 0.3) is 0 Å². The van der Waals surface area contributed by atoms with Crippen molar-refractivity contribution in [1.82, 2.24) is 20.5 Å². The average molecular weight is 415 g/mol. The summed E-state index contributed by atoms with van der Waals surface area (Å²) in [6, 6.07) is 5.42. The number of aromatic amines is 1. The van der Waals surface area contributed by atoms with Crippen molar-refractivity contribution in [2.75, 3.05) is 12.4 Å². The number of pyridine rings is 1. The summed E-state index contributed by atoms with van der Waals surface area (Å²) in [5.74, 6) is 1.70. The fraction of sp³-hybridized carbons (Fsp3) is 0.524. The summed E-state index contributed by atoms with van der Waals surface area (Å²) in [7, 11) is 1.55. The Morgan fingerprint density at radius 3 is 2.87 bits per heavy atom. The maximum absolute atomic E-state index is 12.3. The highest BCUT2D eigenvalue weighted by Gasteiger charge is 2.29. The Hall–Kier alpha value is -3.10. The lowest BCUT2D eigenvalue weighted by molar-refractivity contribution is -0.115. The minimum atomic E-state index is -0.962. The van der Waals surface area contributed by atoms with Gasteiger partial charge in [-0.05, 0) is 43.6 Å². The number of amides is 2. The molecule has 0 saturated heterocycles. The van der Waals surface area contributed by atoms with Crippen LogP contribution in [0, 0.1) is 5.92 Å². The van der Waals surface area contributed by atoms with Crippen LogP contribution in [0.15, 0.2) is 24.4 Å². The quantitative estimate of drug-likeness (QED) is 0.497. The number of rotatable bonds is 9. The fourth-order valence-corrected chi connectivity index (χ4v) is 4.09. The Balaban J connectivity index is 1.49. The summed E-state index contributed by atoms with van der Waals surface area (Å²) in [4.78, 5) is 27.3. The molecular weight excluding hydrogens is 386 g/mol. The monoisotopic (exact) mass is 415 g/mol. The molecule has 30 heavy (non-hydrogen) atoms. The normalized spacial score (nSPS) is 19.3. The molecule has 0 radical (unpaired) electrons.